The highest BCUT2D eigenvalue weighted by Crippen LogP contribution is 2.20. The molecule has 0 radical (unpaired) electrons. The number of rotatable bonds is 7. The van der Waals surface area contributed by atoms with E-state index in [1.54, 1.807) is 7.05 Å². The van der Waals surface area contributed by atoms with Gasteiger partial charge >= 0.3 is 0 Å². The number of hydrogen-bond acceptors (Lipinski definition) is 3. The molecule has 0 atom stereocenters. The van der Waals surface area contributed by atoms with Crippen LogP contribution in [0.4, 0.5) is 0 Å². The zero-order valence-electron chi connectivity index (χ0n) is 17.7. The molecule has 1 aromatic rings. The number of nitrogens with zero attached hydrogens (tertiary/aromatic N) is 3. The number of aliphatic imine (C=N–C) groups is 1. The minimum Gasteiger partial charge on any atom is -0.359 e. The Balaban J connectivity index is 0.00000392. The summed E-state index contributed by atoms with van der Waals surface area (Å²) in [6, 6.07) is 8.65. The maximum atomic E-state index is 11.6. The lowest BCUT2D eigenvalue weighted by atomic mass is 9.93. The summed E-state index contributed by atoms with van der Waals surface area (Å²) in [5.74, 6) is 1.60. The van der Waals surface area contributed by atoms with E-state index in [9.17, 15) is 4.79 Å². The molecule has 6 nitrogen and oxygen atoms in total. The molecule has 0 saturated carbocycles. The molecule has 2 N–H and O–H groups in total. The summed E-state index contributed by atoms with van der Waals surface area (Å²) >= 11 is 0. The molecular weight excluding hydrogens is 465 g/mol. The van der Waals surface area contributed by atoms with Gasteiger partial charge in [0.15, 0.2) is 5.96 Å². The van der Waals surface area contributed by atoms with Crippen molar-refractivity contribution in [1.82, 2.24) is 20.4 Å². The highest BCUT2D eigenvalue weighted by Gasteiger charge is 2.23. The minimum atomic E-state index is 0. The molecule has 1 saturated heterocycles. The summed E-state index contributed by atoms with van der Waals surface area (Å²) in [4.78, 5) is 21.0. The second kappa shape index (κ2) is 13.0. The van der Waals surface area contributed by atoms with Gasteiger partial charge in [-0.25, -0.2) is 4.99 Å². The molecule has 28 heavy (non-hydrogen) atoms. The van der Waals surface area contributed by atoms with Gasteiger partial charge in [0, 0.05) is 39.6 Å². The molecule has 2 rings (SSSR count). The van der Waals surface area contributed by atoms with Crippen molar-refractivity contribution in [3.05, 3.63) is 35.4 Å². The van der Waals surface area contributed by atoms with E-state index in [0.717, 1.165) is 45.0 Å². The number of amides is 1. The SMILES string of the molecule is CCNC(=NCc1cccc(CN(C)C)c1)N1CCC(CC(=O)NC)CC1.I. The van der Waals surface area contributed by atoms with Gasteiger partial charge in [-0.15, -0.1) is 24.0 Å². The fourth-order valence-electron chi connectivity index (χ4n) is 3.50. The van der Waals surface area contributed by atoms with Gasteiger partial charge < -0.3 is 20.4 Å². The molecule has 1 aromatic carbocycles. The lowest BCUT2D eigenvalue weighted by Gasteiger charge is -2.34. The number of hydrogen-bond donors (Lipinski definition) is 2. The van der Waals surface area contributed by atoms with Crippen LogP contribution in [0.1, 0.15) is 37.3 Å². The predicted octanol–water partition coefficient (Wildman–Crippen LogP) is 2.68. The molecule has 0 bridgehead atoms. The predicted molar refractivity (Wildman–Crippen MR) is 127 cm³/mol. The van der Waals surface area contributed by atoms with Gasteiger partial charge in [-0.05, 0) is 50.9 Å². The van der Waals surface area contributed by atoms with Crippen LogP contribution in [0.5, 0.6) is 0 Å². The molecule has 1 aliphatic rings. The smallest absolute Gasteiger partial charge is 0.220 e. The molecule has 7 heteroatoms. The zero-order valence-corrected chi connectivity index (χ0v) is 20.0. The van der Waals surface area contributed by atoms with Crippen molar-refractivity contribution in [3.63, 3.8) is 0 Å². The van der Waals surface area contributed by atoms with Crippen LogP contribution in [0.15, 0.2) is 29.3 Å². The number of carbonyl (C=O) groups excluding carboxylic acids is 1. The van der Waals surface area contributed by atoms with E-state index < -0.39 is 0 Å². The van der Waals surface area contributed by atoms with Crippen molar-refractivity contribution in [2.75, 3.05) is 40.8 Å². The molecule has 1 fully saturated rings. The van der Waals surface area contributed by atoms with Crippen molar-refractivity contribution < 1.29 is 4.79 Å². The largest absolute Gasteiger partial charge is 0.359 e. The van der Waals surface area contributed by atoms with E-state index in [0.29, 0.717) is 18.9 Å². The second-order valence-electron chi connectivity index (χ2n) is 7.54. The van der Waals surface area contributed by atoms with Crippen molar-refractivity contribution in [3.8, 4) is 0 Å². The van der Waals surface area contributed by atoms with Gasteiger partial charge in [-0.2, -0.15) is 0 Å². The number of nitrogens with one attached hydrogen (secondary N) is 2. The quantitative estimate of drug-likeness (QED) is 0.343. The fraction of sp³-hybridized carbons (Fsp3) is 0.619. The van der Waals surface area contributed by atoms with E-state index in [1.807, 2.05) is 0 Å². The number of carbonyl (C=O) groups is 1. The zero-order chi connectivity index (χ0) is 19.6. The maximum Gasteiger partial charge on any atom is 0.220 e. The van der Waals surface area contributed by atoms with Crippen molar-refractivity contribution in [2.24, 2.45) is 10.9 Å². The number of guanidine groups is 1. The van der Waals surface area contributed by atoms with E-state index in [2.05, 4.69) is 65.7 Å². The van der Waals surface area contributed by atoms with Crippen LogP contribution in [-0.2, 0) is 17.9 Å². The van der Waals surface area contributed by atoms with Gasteiger partial charge in [0.1, 0.15) is 0 Å². The van der Waals surface area contributed by atoms with Crippen LogP contribution in [0.2, 0.25) is 0 Å². The third-order valence-corrected chi connectivity index (χ3v) is 4.90. The van der Waals surface area contributed by atoms with Crippen LogP contribution >= 0.6 is 24.0 Å². The number of piperidine rings is 1. The Hall–Kier alpha value is -1.35. The first-order valence-electron chi connectivity index (χ1n) is 9.98. The highest BCUT2D eigenvalue weighted by molar-refractivity contribution is 14.0. The Bertz CT molecular complexity index is 627. The lowest BCUT2D eigenvalue weighted by molar-refractivity contribution is -0.121. The van der Waals surface area contributed by atoms with Crippen LogP contribution in [0.3, 0.4) is 0 Å². The van der Waals surface area contributed by atoms with Crippen LogP contribution in [0, 0.1) is 5.92 Å². The van der Waals surface area contributed by atoms with E-state index in [1.165, 1.54) is 11.1 Å². The number of benzene rings is 1. The Morgan fingerprint density at radius 1 is 1.25 bits per heavy atom. The number of likely N-dealkylation sites (tertiary alicyclic amines) is 1. The van der Waals surface area contributed by atoms with E-state index in [4.69, 9.17) is 4.99 Å². The minimum absolute atomic E-state index is 0. The standard InChI is InChI=1S/C21H35N5O.HI/c1-5-23-21(26-11-9-17(10-12-26)14-20(27)22-2)24-15-18-7-6-8-19(13-18)16-25(3)4;/h6-8,13,17H,5,9-12,14-16H2,1-4H3,(H,22,27)(H,23,24);1H. The van der Waals surface area contributed by atoms with Gasteiger partial charge in [-0.1, -0.05) is 24.3 Å². The molecule has 0 unspecified atom stereocenters. The van der Waals surface area contributed by atoms with Gasteiger partial charge in [0.05, 0.1) is 6.54 Å². The third-order valence-electron chi connectivity index (χ3n) is 4.90. The molecular formula is C21H36IN5O. The topological polar surface area (TPSA) is 60.0 Å². The Kier molecular flexibility index (Phi) is 11.4. The Morgan fingerprint density at radius 3 is 2.54 bits per heavy atom. The van der Waals surface area contributed by atoms with Crippen molar-refractivity contribution in [1.29, 1.82) is 0 Å². The summed E-state index contributed by atoms with van der Waals surface area (Å²) < 4.78 is 0. The van der Waals surface area contributed by atoms with Crippen LogP contribution in [-0.4, -0.2) is 62.4 Å². The summed E-state index contributed by atoms with van der Waals surface area (Å²) in [5.41, 5.74) is 2.55. The molecule has 0 aromatic heterocycles. The van der Waals surface area contributed by atoms with Crippen LogP contribution in [0.25, 0.3) is 0 Å². The normalized spacial score (nSPS) is 15.3. The second-order valence-corrected chi connectivity index (χ2v) is 7.54. The number of halogens is 1. The highest BCUT2D eigenvalue weighted by atomic mass is 127. The van der Waals surface area contributed by atoms with Gasteiger partial charge in [-0.3, -0.25) is 4.79 Å². The van der Waals surface area contributed by atoms with Crippen molar-refractivity contribution in [2.45, 2.75) is 39.3 Å². The van der Waals surface area contributed by atoms with Crippen molar-refractivity contribution >= 4 is 35.8 Å². The molecule has 1 amide bonds. The Labute approximate surface area is 187 Å². The monoisotopic (exact) mass is 501 g/mol. The maximum absolute atomic E-state index is 11.6. The molecule has 1 heterocycles. The summed E-state index contributed by atoms with van der Waals surface area (Å²) in [6.45, 7) is 6.49. The first-order valence-corrected chi connectivity index (χ1v) is 9.98. The summed E-state index contributed by atoms with van der Waals surface area (Å²) in [6.07, 6.45) is 2.71. The third kappa shape index (κ3) is 8.34. The summed E-state index contributed by atoms with van der Waals surface area (Å²) in [5, 5.41) is 6.15. The summed E-state index contributed by atoms with van der Waals surface area (Å²) in [7, 11) is 5.88. The molecule has 1 aliphatic heterocycles. The van der Waals surface area contributed by atoms with Gasteiger partial charge in [0.25, 0.3) is 0 Å². The fourth-order valence-corrected chi connectivity index (χ4v) is 3.50. The average molecular weight is 501 g/mol. The molecule has 0 spiro atoms. The first-order chi connectivity index (χ1) is 13.0. The van der Waals surface area contributed by atoms with E-state index in [-0.39, 0.29) is 29.9 Å². The van der Waals surface area contributed by atoms with Gasteiger partial charge in [0.2, 0.25) is 5.91 Å². The molecule has 0 aliphatic carbocycles. The van der Waals surface area contributed by atoms with E-state index >= 15 is 0 Å². The molecule has 158 valence electrons. The first kappa shape index (κ1) is 24.7. The lowest BCUT2D eigenvalue weighted by Crippen LogP contribution is -2.46. The average Bonchev–Trinajstić information content (AvgIpc) is 2.65. The van der Waals surface area contributed by atoms with Crippen LogP contribution < -0.4 is 10.6 Å². The Morgan fingerprint density at radius 2 is 1.93 bits per heavy atom.